The molecule has 0 spiro atoms. The molecule has 1 heterocycles. The summed E-state index contributed by atoms with van der Waals surface area (Å²) in [7, 11) is 1.56. The van der Waals surface area contributed by atoms with E-state index in [1.165, 1.54) is 24.3 Å². The van der Waals surface area contributed by atoms with Gasteiger partial charge in [-0.2, -0.15) is 5.26 Å². The SMILES string of the molecule is COc1ccc(-c2cc(C(=O)Nc3ccc(C#N)cc3C(=O)O)no2)cc1. The zero-order chi connectivity index (χ0) is 19.4. The second-order valence-corrected chi connectivity index (χ2v) is 5.44. The number of nitriles is 1. The number of nitrogens with one attached hydrogen (secondary N) is 1. The van der Waals surface area contributed by atoms with E-state index in [4.69, 9.17) is 14.5 Å². The molecule has 0 atom stereocenters. The van der Waals surface area contributed by atoms with Crippen LogP contribution in [0.3, 0.4) is 0 Å². The van der Waals surface area contributed by atoms with Crippen LogP contribution >= 0.6 is 0 Å². The molecule has 0 fully saturated rings. The number of carboxylic acids is 1. The highest BCUT2D eigenvalue weighted by molar-refractivity contribution is 6.07. The highest BCUT2D eigenvalue weighted by atomic mass is 16.5. The Labute approximate surface area is 153 Å². The summed E-state index contributed by atoms with van der Waals surface area (Å²) in [6.45, 7) is 0. The number of carbonyl (C=O) groups excluding carboxylic acids is 1. The third-order valence-electron chi connectivity index (χ3n) is 3.74. The number of nitrogens with zero attached hydrogens (tertiary/aromatic N) is 2. The number of anilines is 1. The lowest BCUT2D eigenvalue weighted by atomic mass is 10.1. The Bertz CT molecular complexity index is 1050. The Morgan fingerprint density at radius 1 is 1.19 bits per heavy atom. The van der Waals surface area contributed by atoms with Crippen LogP contribution < -0.4 is 10.1 Å². The smallest absolute Gasteiger partial charge is 0.337 e. The van der Waals surface area contributed by atoms with E-state index in [-0.39, 0.29) is 22.5 Å². The molecule has 0 bridgehead atoms. The molecule has 2 N–H and O–H groups in total. The number of benzene rings is 2. The molecular weight excluding hydrogens is 350 g/mol. The van der Waals surface area contributed by atoms with Crippen LogP contribution in [-0.4, -0.2) is 29.2 Å². The van der Waals surface area contributed by atoms with Gasteiger partial charge in [0.1, 0.15) is 5.75 Å². The maximum absolute atomic E-state index is 12.4. The van der Waals surface area contributed by atoms with Crippen LogP contribution in [0.5, 0.6) is 5.75 Å². The molecule has 8 heteroatoms. The average molecular weight is 363 g/mol. The largest absolute Gasteiger partial charge is 0.497 e. The summed E-state index contributed by atoms with van der Waals surface area (Å²) in [6.07, 6.45) is 0. The van der Waals surface area contributed by atoms with Gasteiger partial charge in [-0.3, -0.25) is 4.79 Å². The van der Waals surface area contributed by atoms with Crippen molar-refractivity contribution in [3.63, 3.8) is 0 Å². The highest BCUT2D eigenvalue weighted by Crippen LogP contribution is 2.24. The lowest BCUT2D eigenvalue weighted by Crippen LogP contribution is -2.15. The van der Waals surface area contributed by atoms with Gasteiger partial charge in [0.2, 0.25) is 0 Å². The number of aromatic nitrogens is 1. The van der Waals surface area contributed by atoms with E-state index in [0.29, 0.717) is 17.1 Å². The normalized spacial score (nSPS) is 10.1. The third-order valence-corrected chi connectivity index (χ3v) is 3.74. The summed E-state index contributed by atoms with van der Waals surface area (Å²) in [4.78, 5) is 23.7. The number of aromatic carboxylic acids is 1. The molecule has 0 aliphatic heterocycles. The predicted octanol–water partition coefficient (Wildman–Crippen LogP) is 3.17. The predicted molar refractivity (Wildman–Crippen MR) is 94.6 cm³/mol. The Morgan fingerprint density at radius 3 is 2.56 bits per heavy atom. The minimum absolute atomic E-state index is 0.0125. The Kier molecular flexibility index (Phi) is 4.86. The Balaban J connectivity index is 1.82. The first-order valence-corrected chi connectivity index (χ1v) is 7.71. The number of carbonyl (C=O) groups is 2. The van der Waals surface area contributed by atoms with Gasteiger partial charge in [-0.25, -0.2) is 4.79 Å². The van der Waals surface area contributed by atoms with Crippen molar-refractivity contribution in [1.82, 2.24) is 5.16 Å². The van der Waals surface area contributed by atoms with E-state index < -0.39 is 11.9 Å². The monoisotopic (exact) mass is 363 g/mol. The maximum atomic E-state index is 12.4. The number of amides is 1. The Morgan fingerprint density at radius 2 is 1.93 bits per heavy atom. The molecule has 0 saturated carbocycles. The first kappa shape index (κ1) is 17.7. The molecule has 0 radical (unpaired) electrons. The first-order chi connectivity index (χ1) is 13.0. The molecule has 3 rings (SSSR count). The van der Waals surface area contributed by atoms with Gasteiger partial charge < -0.3 is 19.7 Å². The molecule has 134 valence electrons. The molecule has 0 aliphatic carbocycles. The highest BCUT2D eigenvalue weighted by Gasteiger charge is 2.18. The summed E-state index contributed by atoms with van der Waals surface area (Å²) in [5.41, 5.74) is 0.726. The zero-order valence-corrected chi connectivity index (χ0v) is 14.1. The lowest BCUT2D eigenvalue weighted by molar-refractivity contribution is 0.0698. The molecular formula is C19H13N3O5. The van der Waals surface area contributed by atoms with Crippen LogP contribution in [0.4, 0.5) is 5.69 Å². The molecule has 8 nitrogen and oxygen atoms in total. The molecule has 3 aromatic rings. The molecule has 2 aromatic carbocycles. The minimum atomic E-state index is -1.26. The molecule has 1 amide bonds. The van der Waals surface area contributed by atoms with E-state index in [0.717, 1.165) is 0 Å². The van der Waals surface area contributed by atoms with Crippen molar-refractivity contribution in [2.24, 2.45) is 0 Å². The van der Waals surface area contributed by atoms with E-state index in [9.17, 15) is 14.7 Å². The molecule has 27 heavy (non-hydrogen) atoms. The van der Waals surface area contributed by atoms with E-state index in [2.05, 4.69) is 10.5 Å². The van der Waals surface area contributed by atoms with Gasteiger partial charge in [-0.15, -0.1) is 0 Å². The van der Waals surface area contributed by atoms with Crippen LogP contribution in [0.15, 0.2) is 53.1 Å². The standard InChI is InChI=1S/C19H13N3O5/c1-26-13-5-3-12(4-6-13)17-9-16(22-27-17)18(23)21-15-7-2-11(10-20)8-14(15)19(24)25/h2-9H,1H3,(H,21,23)(H,24,25). The minimum Gasteiger partial charge on any atom is -0.497 e. The number of methoxy groups -OCH3 is 1. The Hall–Kier alpha value is -4.12. The van der Waals surface area contributed by atoms with Gasteiger partial charge in [0.15, 0.2) is 11.5 Å². The van der Waals surface area contributed by atoms with Crippen molar-refractivity contribution in [2.75, 3.05) is 12.4 Å². The first-order valence-electron chi connectivity index (χ1n) is 7.71. The van der Waals surface area contributed by atoms with E-state index >= 15 is 0 Å². The van der Waals surface area contributed by atoms with Crippen molar-refractivity contribution < 1.29 is 24.0 Å². The van der Waals surface area contributed by atoms with Gasteiger partial charge in [0.05, 0.1) is 30.0 Å². The second-order valence-electron chi connectivity index (χ2n) is 5.44. The second kappa shape index (κ2) is 7.41. The van der Waals surface area contributed by atoms with Gasteiger partial charge >= 0.3 is 5.97 Å². The van der Waals surface area contributed by atoms with E-state index in [1.807, 2.05) is 6.07 Å². The zero-order valence-electron chi connectivity index (χ0n) is 14.1. The fourth-order valence-corrected chi connectivity index (χ4v) is 2.36. The van der Waals surface area contributed by atoms with Crippen LogP contribution in [0.1, 0.15) is 26.4 Å². The van der Waals surface area contributed by atoms with Crippen LogP contribution in [0.2, 0.25) is 0 Å². The molecule has 0 saturated heterocycles. The van der Waals surface area contributed by atoms with Gasteiger partial charge in [0.25, 0.3) is 5.91 Å². The van der Waals surface area contributed by atoms with Crippen molar-refractivity contribution in [3.05, 3.63) is 65.4 Å². The number of hydrogen-bond acceptors (Lipinski definition) is 6. The molecule has 1 aromatic heterocycles. The van der Waals surface area contributed by atoms with Crippen molar-refractivity contribution >= 4 is 17.6 Å². The van der Waals surface area contributed by atoms with Crippen LogP contribution in [0.25, 0.3) is 11.3 Å². The number of carboxylic acid groups (broad SMARTS) is 1. The van der Waals surface area contributed by atoms with Crippen molar-refractivity contribution in [2.45, 2.75) is 0 Å². The van der Waals surface area contributed by atoms with Gasteiger partial charge in [-0.05, 0) is 42.5 Å². The summed E-state index contributed by atoms with van der Waals surface area (Å²) in [6, 6.07) is 14.2. The number of rotatable bonds is 5. The van der Waals surface area contributed by atoms with Crippen molar-refractivity contribution in [3.8, 4) is 23.1 Å². The van der Waals surface area contributed by atoms with E-state index in [1.54, 1.807) is 31.4 Å². The molecule has 0 unspecified atom stereocenters. The summed E-state index contributed by atoms with van der Waals surface area (Å²) in [5, 5.41) is 24.3. The van der Waals surface area contributed by atoms with Gasteiger partial charge in [0, 0.05) is 11.6 Å². The third kappa shape index (κ3) is 3.77. The summed E-state index contributed by atoms with van der Waals surface area (Å²) >= 11 is 0. The van der Waals surface area contributed by atoms with Gasteiger partial charge in [-0.1, -0.05) is 5.16 Å². The average Bonchev–Trinajstić information content (AvgIpc) is 3.18. The lowest BCUT2D eigenvalue weighted by Gasteiger charge is -2.07. The fraction of sp³-hybridized carbons (Fsp3) is 0.0526. The maximum Gasteiger partial charge on any atom is 0.337 e. The van der Waals surface area contributed by atoms with Crippen LogP contribution in [-0.2, 0) is 0 Å². The quantitative estimate of drug-likeness (QED) is 0.713. The number of hydrogen-bond donors (Lipinski definition) is 2. The molecule has 0 aliphatic rings. The summed E-state index contributed by atoms with van der Waals surface area (Å²) in [5.74, 6) is -0.841. The fourth-order valence-electron chi connectivity index (χ4n) is 2.36. The van der Waals surface area contributed by atoms with Crippen molar-refractivity contribution in [1.29, 1.82) is 5.26 Å². The number of ether oxygens (including phenoxy) is 1. The topological polar surface area (TPSA) is 125 Å². The van der Waals surface area contributed by atoms with Crippen LogP contribution in [0, 0.1) is 11.3 Å². The summed E-state index contributed by atoms with van der Waals surface area (Å²) < 4.78 is 10.3.